The maximum atomic E-state index is 12.8. The number of piperidine rings is 1. The summed E-state index contributed by atoms with van der Waals surface area (Å²) in [5.74, 6) is 0.169. The number of aromatic nitrogens is 4. The van der Waals surface area contributed by atoms with Gasteiger partial charge in [0.25, 0.3) is 0 Å². The van der Waals surface area contributed by atoms with E-state index in [0.29, 0.717) is 24.0 Å². The van der Waals surface area contributed by atoms with Crippen LogP contribution < -0.4 is 10.2 Å². The number of esters is 1. The Labute approximate surface area is 189 Å². The normalized spacial score (nSPS) is 15.9. The number of carbonyl (C=O) groups is 2. The maximum absolute atomic E-state index is 12.8. The molecule has 1 saturated heterocycles. The van der Waals surface area contributed by atoms with Gasteiger partial charge in [0.2, 0.25) is 5.91 Å². The minimum absolute atomic E-state index is 0.0772. The Balaban J connectivity index is 1.35. The third kappa shape index (κ3) is 5.44. The molecule has 0 radical (unpaired) electrons. The average molecular weight is 453 g/mol. The number of rotatable bonds is 7. The van der Waals surface area contributed by atoms with Gasteiger partial charge in [-0.1, -0.05) is 0 Å². The molecule has 4 rings (SSSR count). The van der Waals surface area contributed by atoms with Gasteiger partial charge in [0.1, 0.15) is 0 Å². The van der Waals surface area contributed by atoms with Crippen molar-refractivity contribution in [2.75, 3.05) is 29.9 Å². The molecule has 0 spiro atoms. The molecule has 1 aliphatic rings. The number of nitrogens with one attached hydrogen (secondary N) is 1. The minimum atomic E-state index is -0.325. The van der Waals surface area contributed by atoms with Gasteiger partial charge in [0, 0.05) is 36.4 Å². The topological polar surface area (TPSA) is 110 Å². The van der Waals surface area contributed by atoms with Crippen LogP contribution in [0.2, 0.25) is 0 Å². The van der Waals surface area contributed by atoms with Crippen molar-refractivity contribution in [2.24, 2.45) is 5.92 Å². The van der Waals surface area contributed by atoms with Crippen molar-refractivity contribution in [3.05, 3.63) is 47.7 Å². The van der Waals surface area contributed by atoms with Gasteiger partial charge in [-0.15, -0.1) is 21.5 Å². The average Bonchev–Trinajstić information content (AvgIpc) is 3.26. The van der Waals surface area contributed by atoms with Crippen LogP contribution in [0.4, 0.5) is 10.9 Å². The molecule has 0 bridgehead atoms. The van der Waals surface area contributed by atoms with E-state index in [-0.39, 0.29) is 24.2 Å². The lowest BCUT2D eigenvalue weighted by Gasteiger charge is -2.32. The van der Waals surface area contributed by atoms with Gasteiger partial charge in [0.15, 0.2) is 10.9 Å². The van der Waals surface area contributed by atoms with Crippen LogP contribution in [0.5, 0.6) is 0 Å². The Kier molecular flexibility index (Phi) is 7.00. The molecule has 1 unspecified atom stereocenters. The number of hydrogen-bond donors (Lipinski definition) is 1. The maximum Gasteiger partial charge on any atom is 0.311 e. The van der Waals surface area contributed by atoms with Crippen LogP contribution in [0, 0.1) is 5.92 Å². The molecule has 1 atom stereocenters. The van der Waals surface area contributed by atoms with Gasteiger partial charge < -0.3 is 15.0 Å². The van der Waals surface area contributed by atoms with Crippen molar-refractivity contribution >= 4 is 34.2 Å². The molecular formula is C22H24N6O3S. The lowest BCUT2D eigenvalue weighted by Crippen LogP contribution is -2.41. The fraction of sp³-hybridized carbons (Fsp3) is 0.364. The summed E-state index contributed by atoms with van der Waals surface area (Å²) >= 11 is 1.31. The highest BCUT2D eigenvalue weighted by Gasteiger charge is 2.27. The summed E-state index contributed by atoms with van der Waals surface area (Å²) in [6.07, 6.45) is 5.25. The van der Waals surface area contributed by atoms with Crippen LogP contribution in [-0.4, -0.2) is 51.7 Å². The first-order valence-corrected chi connectivity index (χ1v) is 11.4. The van der Waals surface area contributed by atoms with E-state index in [1.807, 2.05) is 24.3 Å². The van der Waals surface area contributed by atoms with Crippen LogP contribution in [0.15, 0.2) is 42.0 Å². The van der Waals surface area contributed by atoms with E-state index in [1.165, 1.54) is 11.3 Å². The summed E-state index contributed by atoms with van der Waals surface area (Å²) in [6.45, 7) is 3.49. The Hall–Kier alpha value is -3.40. The van der Waals surface area contributed by atoms with Gasteiger partial charge >= 0.3 is 5.97 Å². The predicted octanol–water partition coefficient (Wildman–Crippen LogP) is 2.96. The summed E-state index contributed by atoms with van der Waals surface area (Å²) in [6, 6.07) is 7.65. The van der Waals surface area contributed by atoms with E-state index in [9.17, 15) is 9.59 Å². The molecule has 3 aromatic heterocycles. The Bertz CT molecular complexity index is 1060. The van der Waals surface area contributed by atoms with Crippen LogP contribution in [-0.2, 0) is 20.7 Å². The van der Waals surface area contributed by atoms with E-state index < -0.39 is 0 Å². The zero-order chi connectivity index (χ0) is 22.3. The molecule has 9 nitrogen and oxygen atoms in total. The molecule has 0 aliphatic carbocycles. The standard InChI is InChI=1S/C22H24N6O3S/c1-2-31-20(29)11-17-14-32-22(24-17)25-21(30)16-6-4-10-28(13-16)19-8-7-18(26-27-19)15-5-3-9-23-12-15/h3,5,7-9,12,14,16H,2,4,6,10-11,13H2,1H3,(H,24,25,30). The van der Waals surface area contributed by atoms with E-state index in [0.717, 1.165) is 36.5 Å². The van der Waals surface area contributed by atoms with E-state index in [1.54, 1.807) is 24.7 Å². The predicted molar refractivity (Wildman–Crippen MR) is 121 cm³/mol. The van der Waals surface area contributed by atoms with Crippen molar-refractivity contribution in [1.82, 2.24) is 20.2 Å². The molecular weight excluding hydrogens is 428 g/mol. The third-order valence-corrected chi connectivity index (χ3v) is 5.94. The molecule has 32 heavy (non-hydrogen) atoms. The number of carbonyl (C=O) groups excluding carboxylic acids is 2. The van der Waals surface area contributed by atoms with E-state index >= 15 is 0 Å². The smallest absolute Gasteiger partial charge is 0.311 e. The number of hydrogen-bond acceptors (Lipinski definition) is 9. The number of thiazole rings is 1. The fourth-order valence-electron chi connectivity index (χ4n) is 3.57. The molecule has 3 aromatic rings. The zero-order valence-electron chi connectivity index (χ0n) is 17.7. The minimum Gasteiger partial charge on any atom is -0.466 e. The van der Waals surface area contributed by atoms with Gasteiger partial charge in [0.05, 0.1) is 30.3 Å². The summed E-state index contributed by atoms with van der Waals surface area (Å²) in [5.41, 5.74) is 2.27. The van der Waals surface area contributed by atoms with Crippen LogP contribution in [0.1, 0.15) is 25.5 Å². The highest BCUT2D eigenvalue weighted by Crippen LogP contribution is 2.25. The molecule has 1 aliphatic heterocycles. The molecule has 1 fully saturated rings. The van der Waals surface area contributed by atoms with Crippen molar-refractivity contribution in [3.8, 4) is 11.3 Å². The lowest BCUT2D eigenvalue weighted by atomic mass is 9.97. The Morgan fingerprint density at radius 2 is 2.19 bits per heavy atom. The molecule has 10 heteroatoms. The summed E-state index contributed by atoms with van der Waals surface area (Å²) in [4.78, 5) is 34.9. The summed E-state index contributed by atoms with van der Waals surface area (Å²) < 4.78 is 4.94. The quantitative estimate of drug-likeness (QED) is 0.545. The number of pyridine rings is 1. The highest BCUT2D eigenvalue weighted by molar-refractivity contribution is 7.13. The summed E-state index contributed by atoms with van der Waals surface area (Å²) in [5, 5.41) is 13.8. The summed E-state index contributed by atoms with van der Waals surface area (Å²) in [7, 11) is 0. The Morgan fingerprint density at radius 3 is 2.94 bits per heavy atom. The number of amides is 1. The monoisotopic (exact) mass is 452 g/mol. The first-order chi connectivity index (χ1) is 15.6. The molecule has 4 heterocycles. The molecule has 1 amide bonds. The van der Waals surface area contributed by atoms with Crippen molar-refractivity contribution in [2.45, 2.75) is 26.2 Å². The second-order valence-electron chi connectivity index (χ2n) is 7.42. The first-order valence-electron chi connectivity index (χ1n) is 10.5. The molecule has 0 saturated carbocycles. The molecule has 0 aromatic carbocycles. The van der Waals surface area contributed by atoms with Crippen molar-refractivity contribution in [3.63, 3.8) is 0 Å². The van der Waals surface area contributed by atoms with Crippen molar-refractivity contribution < 1.29 is 14.3 Å². The number of nitrogens with zero attached hydrogens (tertiary/aromatic N) is 5. The largest absolute Gasteiger partial charge is 0.466 e. The highest BCUT2D eigenvalue weighted by atomic mass is 32.1. The third-order valence-electron chi connectivity index (χ3n) is 5.14. The van der Waals surface area contributed by atoms with Crippen LogP contribution in [0.25, 0.3) is 11.3 Å². The second-order valence-corrected chi connectivity index (χ2v) is 8.28. The van der Waals surface area contributed by atoms with E-state index in [4.69, 9.17) is 4.74 Å². The fourth-order valence-corrected chi connectivity index (χ4v) is 4.29. The Morgan fingerprint density at radius 1 is 1.28 bits per heavy atom. The molecule has 1 N–H and O–H groups in total. The zero-order valence-corrected chi connectivity index (χ0v) is 18.5. The van der Waals surface area contributed by atoms with Gasteiger partial charge in [-0.3, -0.25) is 14.6 Å². The van der Waals surface area contributed by atoms with Gasteiger partial charge in [-0.05, 0) is 44.0 Å². The number of anilines is 2. The second kappa shape index (κ2) is 10.3. The molecule has 166 valence electrons. The number of ether oxygens (including phenoxy) is 1. The van der Waals surface area contributed by atoms with E-state index in [2.05, 4.69) is 30.4 Å². The van der Waals surface area contributed by atoms with Crippen LogP contribution in [0.3, 0.4) is 0 Å². The lowest BCUT2D eigenvalue weighted by molar-refractivity contribution is -0.142. The van der Waals surface area contributed by atoms with Crippen LogP contribution >= 0.6 is 11.3 Å². The van der Waals surface area contributed by atoms with Gasteiger partial charge in [-0.25, -0.2) is 4.98 Å². The first kappa shape index (κ1) is 21.8. The van der Waals surface area contributed by atoms with Gasteiger partial charge in [-0.2, -0.15) is 0 Å². The SMILES string of the molecule is CCOC(=O)Cc1csc(NC(=O)C2CCCN(c3ccc(-c4cccnc4)nn3)C2)n1. The van der Waals surface area contributed by atoms with Crippen molar-refractivity contribution in [1.29, 1.82) is 0 Å².